The Morgan fingerprint density at radius 3 is 2.36 bits per heavy atom. The minimum absolute atomic E-state index is 0.0138. The molecule has 1 N–H and O–H groups in total. The third kappa shape index (κ3) is 6.63. The first kappa shape index (κ1) is 21.9. The number of rotatable bonds is 9. The minimum Gasteiger partial charge on any atom is -0.445 e. The number of ether oxygens (including phenoxy) is 1. The minimum atomic E-state index is -3.98. The fraction of sp³-hybridized carbons (Fsp3) is 0.350. The number of aryl methyl sites for hydroxylation is 1. The Balaban J connectivity index is 1.84. The SMILES string of the molecule is CCN(CC(O)COS(=O)(=O)c1ccc(C)cc1)C(=O)OCc1ccccc1. The maximum Gasteiger partial charge on any atom is 0.410 e. The van der Waals surface area contributed by atoms with Gasteiger partial charge in [-0.3, -0.25) is 4.18 Å². The van der Waals surface area contributed by atoms with Crippen molar-refractivity contribution in [2.24, 2.45) is 0 Å². The van der Waals surface area contributed by atoms with Gasteiger partial charge in [0.05, 0.1) is 24.2 Å². The largest absolute Gasteiger partial charge is 0.445 e. The van der Waals surface area contributed by atoms with Crippen LogP contribution in [-0.4, -0.2) is 50.3 Å². The third-order valence-electron chi connectivity index (χ3n) is 4.00. The van der Waals surface area contributed by atoms with Gasteiger partial charge in [-0.05, 0) is 31.5 Å². The van der Waals surface area contributed by atoms with E-state index in [2.05, 4.69) is 0 Å². The van der Waals surface area contributed by atoms with Crippen molar-refractivity contribution < 1.29 is 27.2 Å². The van der Waals surface area contributed by atoms with Gasteiger partial charge in [0, 0.05) is 6.54 Å². The van der Waals surface area contributed by atoms with Crippen molar-refractivity contribution in [3.8, 4) is 0 Å². The second kappa shape index (κ2) is 10.2. The highest BCUT2D eigenvalue weighted by atomic mass is 32.2. The molecule has 1 atom stereocenters. The molecule has 0 aromatic heterocycles. The molecule has 2 aromatic carbocycles. The Labute approximate surface area is 165 Å². The van der Waals surface area contributed by atoms with Crippen molar-refractivity contribution in [2.45, 2.75) is 31.5 Å². The number of hydrogen-bond donors (Lipinski definition) is 1. The quantitative estimate of drug-likeness (QED) is 0.643. The number of hydrogen-bond acceptors (Lipinski definition) is 6. The summed E-state index contributed by atoms with van der Waals surface area (Å²) < 4.78 is 34.5. The standard InChI is InChI=1S/C20H25NO6S/c1-3-21(20(23)26-14-17-7-5-4-6-8-17)13-18(22)15-27-28(24,25)19-11-9-16(2)10-12-19/h4-12,18,22H,3,13-15H2,1-2H3. The summed E-state index contributed by atoms with van der Waals surface area (Å²) in [5, 5.41) is 10.1. The maximum absolute atomic E-state index is 12.2. The van der Waals surface area contributed by atoms with Gasteiger partial charge in [0.15, 0.2) is 0 Å². The molecule has 152 valence electrons. The summed E-state index contributed by atoms with van der Waals surface area (Å²) in [5.41, 5.74) is 1.77. The van der Waals surface area contributed by atoms with E-state index in [0.29, 0.717) is 6.54 Å². The van der Waals surface area contributed by atoms with Crippen LogP contribution in [0.3, 0.4) is 0 Å². The smallest absolute Gasteiger partial charge is 0.410 e. The number of nitrogens with zero attached hydrogens (tertiary/aromatic N) is 1. The molecule has 2 aromatic rings. The fourth-order valence-electron chi connectivity index (χ4n) is 2.39. The summed E-state index contributed by atoms with van der Waals surface area (Å²) in [5.74, 6) is 0. The molecule has 0 heterocycles. The molecular weight excluding hydrogens is 382 g/mol. The van der Waals surface area contributed by atoms with Gasteiger partial charge >= 0.3 is 6.09 Å². The van der Waals surface area contributed by atoms with Gasteiger partial charge in [0.2, 0.25) is 0 Å². The molecule has 0 bridgehead atoms. The van der Waals surface area contributed by atoms with Gasteiger partial charge < -0.3 is 14.7 Å². The number of carbonyl (C=O) groups excluding carboxylic acids is 1. The lowest BCUT2D eigenvalue weighted by Crippen LogP contribution is -2.39. The molecule has 0 saturated carbocycles. The van der Waals surface area contributed by atoms with E-state index in [-0.39, 0.29) is 18.0 Å². The van der Waals surface area contributed by atoms with E-state index in [9.17, 15) is 18.3 Å². The second-order valence-corrected chi connectivity index (χ2v) is 7.90. The Hall–Kier alpha value is -2.42. The van der Waals surface area contributed by atoms with Gasteiger partial charge in [-0.2, -0.15) is 8.42 Å². The van der Waals surface area contributed by atoms with E-state index < -0.39 is 28.9 Å². The monoisotopic (exact) mass is 407 g/mol. The number of likely N-dealkylation sites (N-methyl/N-ethyl adjacent to an activating group) is 1. The van der Waals surface area contributed by atoms with Crippen LogP contribution in [0.15, 0.2) is 59.5 Å². The summed E-state index contributed by atoms with van der Waals surface area (Å²) in [6, 6.07) is 15.4. The lowest BCUT2D eigenvalue weighted by Gasteiger charge is -2.23. The van der Waals surface area contributed by atoms with Crippen LogP contribution >= 0.6 is 0 Å². The fourth-order valence-corrected chi connectivity index (χ4v) is 3.33. The molecule has 1 amide bonds. The molecule has 0 aliphatic rings. The summed E-state index contributed by atoms with van der Waals surface area (Å²) in [4.78, 5) is 13.5. The van der Waals surface area contributed by atoms with Crippen LogP contribution in [0, 0.1) is 6.92 Å². The molecule has 0 aliphatic carbocycles. The van der Waals surface area contributed by atoms with Crippen molar-refractivity contribution in [3.63, 3.8) is 0 Å². The van der Waals surface area contributed by atoms with E-state index >= 15 is 0 Å². The van der Waals surface area contributed by atoms with Gasteiger partial charge in [-0.15, -0.1) is 0 Å². The zero-order valence-electron chi connectivity index (χ0n) is 15.9. The zero-order valence-corrected chi connectivity index (χ0v) is 16.8. The highest BCUT2D eigenvalue weighted by Gasteiger charge is 2.21. The number of benzene rings is 2. The number of amides is 1. The van der Waals surface area contributed by atoms with E-state index in [1.165, 1.54) is 17.0 Å². The van der Waals surface area contributed by atoms with Crippen molar-refractivity contribution in [1.29, 1.82) is 0 Å². The van der Waals surface area contributed by atoms with Gasteiger partial charge in [0.25, 0.3) is 10.1 Å². The van der Waals surface area contributed by atoms with E-state index in [1.807, 2.05) is 37.3 Å². The molecule has 28 heavy (non-hydrogen) atoms. The van der Waals surface area contributed by atoms with Crippen LogP contribution in [0.5, 0.6) is 0 Å². The molecule has 7 nitrogen and oxygen atoms in total. The molecular formula is C20H25NO6S. The Morgan fingerprint density at radius 1 is 1.11 bits per heavy atom. The first-order valence-electron chi connectivity index (χ1n) is 8.91. The Bertz CT molecular complexity index is 852. The van der Waals surface area contributed by atoms with Gasteiger partial charge in [-0.25, -0.2) is 4.79 Å². The van der Waals surface area contributed by atoms with E-state index in [0.717, 1.165) is 11.1 Å². The molecule has 1 unspecified atom stereocenters. The van der Waals surface area contributed by atoms with Gasteiger partial charge in [-0.1, -0.05) is 48.0 Å². The summed E-state index contributed by atoms with van der Waals surface area (Å²) in [7, 11) is -3.98. The molecule has 0 aliphatic heterocycles. The van der Waals surface area contributed by atoms with Crippen LogP contribution in [-0.2, 0) is 25.6 Å². The topological polar surface area (TPSA) is 93.1 Å². The Morgan fingerprint density at radius 2 is 1.75 bits per heavy atom. The normalized spacial score (nSPS) is 12.4. The molecule has 0 saturated heterocycles. The molecule has 8 heteroatoms. The van der Waals surface area contributed by atoms with Gasteiger partial charge in [0.1, 0.15) is 6.61 Å². The average molecular weight is 407 g/mol. The second-order valence-electron chi connectivity index (χ2n) is 6.28. The van der Waals surface area contributed by atoms with Crippen molar-refractivity contribution in [2.75, 3.05) is 19.7 Å². The average Bonchev–Trinajstić information content (AvgIpc) is 2.70. The van der Waals surface area contributed by atoms with Crippen molar-refractivity contribution in [1.82, 2.24) is 4.90 Å². The van der Waals surface area contributed by atoms with Crippen LogP contribution in [0.2, 0.25) is 0 Å². The number of aliphatic hydroxyl groups is 1. The summed E-state index contributed by atoms with van der Waals surface area (Å²) in [6.07, 6.45) is -1.77. The summed E-state index contributed by atoms with van der Waals surface area (Å²) >= 11 is 0. The van der Waals surface area contributed by atoms with E-state index in [1.54, 1.807) is 19.1 Å². The molecule has 0 radical (unpaired) electrons. The maximum atomic E-state index is 12.2. The lowest BCUT2D eigenvalue weighted by atomic mass is 10.2. The predicted octanol–water partition coefficient (Wildman–Crippen LogP) is 2.72. The van der Waals surface area contributed by atoms with Crippen LogP contribution in [0.25, 0.3) is 0 Å². The summed E-state index contributed by atoms with van der Waals surface area (Å²) in [6.45, 7) is 3.43. The highest BCUT2D eigenvalue weighted by molar-refractivity contribution is 7.86. The number of carbonyl (C=O) groups is 1. The molecule has 2 rings (SSSR count). The third-order valence-corrected chi connectivity index (χ3v) is 5.30. The van der Waals surface area contributed by atoms with E-state index in [4.69, 9.17) is 8.92 Å². The predicted molar refractivity (Wildman–Crippen MR) is 104 cm³/mol. The Kier molecular flexibility index (Phi) is 7.98. The van der Waals surface area contributed by atoms with Crippen LogP contribution in [0.4, 0.5) is 4.79 Å². The number of aliphatic hydroxyl groups excluding tert-OH is 1. The highest BCUT2D eigenvalue weighted by Crippen LogP contribution is 2.14. The first-order valence-corrected chi connectivity index (χ1v) is 10.3. The van der Waals surface area contributed by atoms with Crippen LogP contribution < -0.4 is 0 Å². The zero-order chi connectivity index (χ0) is 20.6. The molecule has 0 spiro atoms. The molecule has 0 fully saturated rings. The van der Waals surface area contributed by atoms with Crippen molar-refractivity contribution in [3.05, 3.63) is 65.7 Å². The van der Waals surface area contributed by atoms with Crippen molar-refractivity contribution >= 4 is 16.2 Å². The lowest BCUT2D eigenvalue weighted by molar-refractivity contribution is 0.0530. The van der Waals surface area contributed by atoms with Crippen LogP contribution in [0.1, 0.15) is 18.1 Å². The first-order chi connectivity index (χ1) is 13.3.